The molecule has 1 unspecified atom stereocenters. The SMILES string of the molecule is C#Cc1cccc(NC(=O)C(NC(=O)c2ccccc2Cl)C(C)C)c1. The molecule has 0 bridgehead atoms. The molecule has 128 valence electrons. The van der Waals surface area contributed by atoms with Gasteiger partial charge in [-0.3, -0.25) is 9.59 Å². The summed E-state index contributed by atoms with van der Waals surface area (Å²) in [6, 6.07) is 13.0. The molecule has 0 aliphatic heterocycles. The molecule has 25 heavy (non-hydrogen) atoms. The molecule has 0 spiro atoms. The predicted molar refractivity (Wildman–Crippen MR) is 101 cm³/mol. The first-order valence-corrected chi connectivity index (χ1v) is 8.23. The monoisotopic (exact) mass is 354 g/mol. The minimum absolute atomic E-state index is 0.109. The van der Waals surface area contributed by atoms with Gasteiger partial charge < -0.3 is 10.6 Å². The van der Waals surface area contributed by atoms with Gasteiger partial charge in [-0.25, -0.2) is 0 Å². The van der Waals surface area contributed by atoms with Crippen molar-refractivity contribution in [2.24, 2.45) is 5.92 Å². The van der Waals surface area contributed by atoms with Gasteiger partial charge in [0.25, 0.3) is 5.91 Å². The molecule has 0 aliphatic rings. The Balaban J connectivity index is 2.14. The Labute approximate surface area is 152 Å². The number of hydrogen-bond donors (Lipinski definition) is 2. The average Bonchev–Trinajstić information content (AvgIpc) is 2.59. The first-order valence-electron chi connectivity index (χ1n) is 7.85. The molecule has 0 aromatic heterocycles. The van der Waals surface area contributed by atoms with E-state index < -0.39 is 11.9 Å². The summed E-state index contributed by atoms with van der Waals surface area (Å²) in [7, 11) is 0. The minimum Gasteiger partial charge on any atom is -0.340 e. The number of benzene rings is 2. The van der Waals surface area contributed by atoms with Crippen molar-refractivity contribution in [3.8, 4) is 12.3 Å². The first-order chi connectivity index (χ1) is 11.9. The zero-order valence-electron chi connectivity index (χ0n) is 14.0. The fraction of sp³-hybridized carbons (Fsp3) is 0.200. The van der Waals surface area contributed by atoms with E-state index in [0.29, 0.717) is 21.8 Å². The lowest BCUT2D eigenvalue weighted by Crippen LogP contribution is -2.47. The average molecular weight is 355 g/mol. The van der Waals surface area contributed by atoms with Crippen LogP contribution in [0.25, 0.3) is 0 Å². The minimum atomic E-state index is -0.710. The predicted octanol–water partition coefficient (Wildman–Crippen LogP) is 3.71. The number of terminal acetylenes is 1. The van der Waals surface area contributed by atoms with Crippen LogP contribution in [0.3, 0.4) is 0 Å². The quantitative estimate of drug-likeness (QED) is 0.804. The van der Waals surface area contributed by atoms with Gasteiger partial charge in [0, 0.05) is 11.3 Å². The van der Waals surface area contributed by atoms with Crippen molar-refractivity contribution in [3.63, 3.8) is 0 Å². The Morgan fingerprint density at radius 1 is 1.12 bits per heavy atom. The molecule has 2 N–H and O–H groups in total. The summed E-state index contributed by atoms with van der Waals surface area (Å²) < 4.78 is 0. The van der Waals surface area contributed by atoms with E-state index in [9.17, 15) is 9.59 Å². The van der Waals surface area contributed by atoms with Crippen LogP contribution in [0, 0.1) is 18.3 Å². The van der Waals surface area contributed by atoms with E-state index in [2.05, 4.69) is 16.6 Å². The number of rotatable bonds is 5. The van der Waals surface area contributed by atoms with Crippen LogP contribution in [0.4, 0.5) is 5.69 Å². The van der Waals surface area contributed by atoms with Crippen molar-refractivity contribution >= 4 is 29.1 Å². The van der Waals surface area contributed by atoms with E-state index in [1.807, 2.05) is 13.8 Å². The van der Waals surface area contributed by atoms with Gasteiger partial charge in [-0.05, 0) is 36.2 Å². The summed E-state index contributed by atoms with van der Waals surface area (Å²) in [4.78, 5) is 25.0. The smallest absolute Gasteiger partial charge is 0.253 e. The molecule has 0 saturated carbocycles. The lowest BCUT2D eigenvalue weighted by molar-refractivity contribution is -0.118. The van der Waals surface area contributed by atoms with Gasteiger partial charge >= 0.3 is 0 Å². The Hall–Kier alpha value is -2.77. The summed E-state index contributed by atoms with van der Waals surface area (Å²) in [5.41, 5.74) is 1.58. The Kier molecular flexibility index (Phi) is 6.21. The second-order valence-corrected chi connectivity index (χ2v) is 6.30. The van der Waals surface area contributed by atoms with Crippen molar-refractivity contribution in [1.82, 2.24) is 5.32 Å². The normalized spacial score (nSPS) is 11.5. The fourth-order valence-corrected chi connectivity index (χ4v) is 2.53. The number of halogens is 1. The van der Waals surface area contributed by atoms with Crippen LogP contribution in [-0.4, -0.2) is 17.9 Å². The highest BCUT2D eigenvalue weighted by Gasteiger charge is 2.25. The molecule has 0 radical (unpaired) electrons. The van der Waals surface area contributed by atoms with Crippen molar-refractivity contribution in [2.45, 2.75) is 19.9 Å². The number of carbonyl (C=O) groups excluding carboxylic acids is 2. The molecular formula is C20H19ClN2O2. The summed E-state index contributed by atoms with van der Waals surface area (Å²) >= 11 is 6.04. The molecular weight excluding hydrogens is 336 g/mol. The van der Waals surface area contributed by atoms with E-state index in [0.717, 1.165) is 0 Å². The first kappa shape index (κ1) is 18.6. The highest BCUT2D eigenvalue weighted by molar-refractivity contribution is 6.33. The second-order valence-electron chi connectivity index (χ2n) is 5.89. The Bertz CT molecular complexity index is 824. The van der Waals surface area contributed by atoms with Crippen LogP contribution in [0.2, 0.25) is 5.02 Å². The third-order valence-corrected chi connectivity index (χ3v) is 3.98. The zero-order valence-corrected chi connectivity index (χ0v) is 14.8. The van der Waals surface area contributed by atoms with Crippen LogP contribution in [0.5, 0.6) is 0 Å². The van der Waals surface area contributed by atoms with Gasteiger partial charge in [0.05, 0.1) is 10.6 Å². The van der Waals surface area contributed by atoms with Crippen LogP contribution in [0.1, 0.15) is 29.8 Å². The molecule has 2 rings (SSSR count). The summed E-state index contributed by atoms with van der Waals surface area (Å²) in [6.07, 6.45) is 5.37. The van der Waals surface area contributed by atoms with Crippen LogP contribution >= 0.6 is 11.6 Å². The van der Waals surface area contributed by atoms with Gasteiger partial charge in [0.1, 0.15) is 6.04 Å². The summed E-state index contributed by atoms with van der Waals surface area (Å²) in [5, 5.41) is 5.87. The highest BCUT2D eigenvalue weighted by atomic mass is 35.5. The van der Waals surface area contributed by atoms with Crippen molar-refractivity contribution in [3.05, 3.63) is 64.7 Å². The fourth-order valence-electron chi connectivity index (χ4n) is 2.31. The number of amides is 2. The maximum atomic E-state index is 12.6. The lowest BCUT2D eigenvalue weighted by Gasteiger charge is -2.22. The summed E-state index contributed by atoms with van der Waals surface area (Å²) in [5.74, 6) is 1.70. The van der Waals surface area contributed by atoms with E-state index in [1.54, 1.807) is 48.5 Å². The van der Waals surface area contributed by atoms with Gasteiger partial charge in [0.15, 0.2) is 0 Å². The largest absolute Gasteiger partial charge is 0.340 e. The number of carbonyl (C=O) groups is 2. The van der Waals surface area contributed by atoms with E-state index >= 15 is 0 Å². The van der Waals surface area contributed by atoms with Crippen molar-refractivity contribution < 1.29 is 9.59 Å². The molecule has 5 heteroatoms. The molecule has 0 saturated heterocycles. The van der Waals surface area contributed by atoms with E-state index in [-0.39, 0.29) is 11.8 Å². The lowest BCUT2D eigenvalue weighted by atomic mass is 10.0. The number of hydrogen-bond acceptors (Lipinski definition) is 2. The topological polar surface area (TPSA) is 58.2 Å². The maximum absolute atomic E-state index is 12.6. The van der Waals surface area contributed by atoms with E-state index in [1.165, 1.54) is 0 Å². The third kappa shape index (κ3) is 4.85. The van der Waals surface area contributed by atoms with Crippen molar-refractivity contribution in [1.29, 1.82) is 0 Å². The second kappa shape index (κ2) is 8.36. The molecule has 1 atom stereocenters. The standard InChI is InChI=1S/C20H19ClN2O2/c1-4-14-8-7-9-15(12-14)22-20(25)18(13(2)3)23-19(24)16-10-5-6-11-17(16)21/h1,5-13,18H,2-3H3,(H,22,25)(H,23,24). The Morgan fingerprint density at radius 3 is 2.48 bits per heavy atom. The number of nitrogens with one attached hydrogen (secondary N) is 2. The highest BCUT2D eigenvalue weighted by Crippen LogP contribution is 2.16. The number of anilines is 1. The molecule has 2 amide bonds. The van der Waals surface area contributed by atoms with Crippen molar-refractivity contribution in [2.75, 3.05) is 5.32 Å². The molecule has 2 aromatic carbocycles. The van der Waals surface area contributed by atoms with Gasteiger partial charge in [-0.2, -0.15) is 0 Å². The summed E-state index contributed by atoms with van der Waals surface area (Å²) in [6.45, 7) is 3.71. The molecule has 2 aromatic rings. The van der Waals surface area contributed by atoms with Crippen LogP contribution in [-0.2, 0) is 4.79 Å². The molecule has 0 fully saturated rings. The van der Waals surface area contributed by atoms with Crippen LogP contribution in [0.15, 0.2) is 48.5 Å². The maximum Gasteiger partial charge on any atom is 0.253 e. The van der Waals surface area contributed by atoms with E-state index in [4.69, 9.17) is 18.0 Å². The molecule has 0 heterocycles. The Morgan fingerprint density at radius 2 is 1.84 bits per heavy atom. The van der Waals surface area contributed by atoms with Gasteiger partial charge in [0.2, 0.25) is 5.91 Å². The van der Waals surface area contributed by atoms with Gasteiger partial charge in [-0.1, -0.05) is 49.6 Å². The molecule has 0 aliphatic carbocycles. The molecule has 4 nitrogen and oxygen atoms in total. The zero-order chi connectivity index (χ0) is 18.4. The van der Waals surface area contributed by atoms with Gasteiger partial charge in [-0.15, -0.1) is 6.42 Å². The third-order valence-electron chi connectivity index (χ3n) is 3.65. The van der Waals surface area contributed by atoms with Crippen LogP contribution < -0.4 is 10.6 Å².